The van der Waals surface area contributed by atoms with Crippen LogP contribution in [0.2, 0.25) is 0 Å². The first-order valence-electron chi connectivity index (χ1n) is 24.0. The number of carbonyl (C=O) groups is 1. The largest absolute Gasteiger partial charge is 0.783 e. The number of likely N-dealkylation sites (N-methyl/N-ethyl adjacent to an activating group) is 1. The molecule has 0 amide bonds. The molecular formula is C46H91N2O10P+. The second kappa shape index (κ2) is 32.7. The fraction of sp³-hybridized carbons (Fsp3) is 0.957. The highest BCUT2D eigenvalue weighted by Gasteiger charge is 2.47. The predicted octanol–water partition coefficient (Wildman–Crippen LogP) is 11.3. The van der Waals surface area contributed by atoms with Gasteiger partial charge in [0.1, 0.15) is 31.9 Å². The fourth-order valence-electron chi connectivity index (χ4n) is 7.66. The van der Waals surface area contributed by atoms with Crippen LogP contribution in [-0.2, 0) is 32.9 Å². The van der Waals surface area contributed by atoms with Gasteiger partial charge in [0.15, 0.2) is 6.10 Å². The van der Waals surface area contributed by atoms with Crippen molar-refractivity contribution in [3.8, 4) is 0 Å². The van der Waals surface area contributed by atoms with E-state index in [1.165, 1.54) is 122 Å². The van der Waals surface area contributed by atoms with Crippen molar-refractivity contribution >= 4 is 20.1 Å². The van der Waals surface area contributed by atoms with Crippen LogP contribution in [0.25, 0.3) is 0 Å². The van der Waals surface area contributed by atoms with Gasteiger partial charge in [-0.25, -0.2) is 0 Å². The van der Waals surface area contributed by atoms with E-state index >= 15 is 0 Å². The summed E-state index contributed by atoms with van der Waals surface area (Å²) >= 11 is 0. The highest BCUT2D eigenvalue weighted by atomic mass is 31.2. The van der Waals surface area contributed by atoms with Crippen molar-refractivity contribution in [2.75, 3.05) is 54.1 Å². The summed E-state index contributed by atoms with van der Waals surface area (Å²) in [6, 6.07) is 0. The zero-order chi connectivity index (χ0) is 43.9. The summed E-state index contributed by atoms with van der Waals surface area (Å²) in [6.45, 7) is 7.73. The van der Waals surface area contributed by atoms with Crippen molar-refractivity contribution in [1.29, 1.82) is 0 Å². The van der Waals surface area contributed by atoms with E-state index in [1.807, 2.05) is 35.0 Å². The summed E-state index contributed by atoms with van der Waals surface area (Å²) in [7, 11) is 1.01. The molecule has 1 aliphatic heterocycles. The second-order valence-corrected chi connectivity index (χ2v) is 20.3. The highest BCUT2D eigenvalue weighted by molar-refractivity contribution is 7.52. The first-order chi connectivity index (χ1) is 28.0. The second-order valence-electron chi connectivity index (χ2n) is 18.9. The minimum Gasteiger partial charge on any atom is -0.783 e. The number of rotatable bonds is 40. The number of nitrogens with zero attached hydrogens (tertiary/aromatic N) is 2. The summed E-state index contributed by atoms with van der Waals surface area (Å²) in [5, 5.41) is 14.3. The van der Waals surface area contributed by atoms with Crippen LogP contribution in [-0.4, -0.2) is 97.8 Å². The van der Waals surface area contributed by atoms with Crippen molar-refractivity contribution in [2.45, 2.75) is 231 Å². The number of hydrogen-bond donors (Lipinski definition) is 0. The Labute approximate surface area is 362 Å². The molecule has 349 valence electrons. The summed E-state index contributed by atoms with van der Waals surface area (Å²) in [6.07, 6.45) is 30.5. The third kappa shape index (κ3) is 30.7. The minimum atomic E-state index is -4.73. The lowest BCUT2D eigenvalue weighted by Crippen LogP contribution is -2.45. The molecule has 0 aromatic rings. The predicted molar refractivity (Wildman–Crippen MR) is 238 cm³/mol. The lowest BCUT2D eigenvalue weighted by molar-refractivity contribution is -0.870. The van der Waals surface area contributed by atoms with Crippen LogP contribution in [0, 0.1) is 5.21 Å². The average Bonchev–Trinajstić information content (AvgIpc) is 3.38. The Kier molecular flexibility index (Phi) is 31.1. The van der Waals surface area contributed by atoms with E-state index in [9.17, 15) is 24.6 Å². The van der Waals surface area contributed by atoms with Crippen molar-refractivity contribution < 1.29 is 47.1 Å². The molecule has 0 aromatic heterocycles. The van der Waals surface area contributed by atoms with Gasteiger partial charge in [-0.05, 0) is 33.1 Å². The molecule has 1 unspecified atom stereocenters. The van der Waals surface area contributed by atoms with Gasteiger partial charge in [0, 0.05) is 11.4 Å². The van der Waals surface area contributed by atoms with Crippen LogP contribution >= 0.6 is 8.17 Å². The summed E-state index contributed by atoms with van der Waals surface area (Å²) < 4.78 is 28.3. The lowest BCUT2D eigenvalue weighted by atomic mass is 9.99. The minimum absolute atomic E-state index is 0.0763. The van der Waals surface area contributed by atoms with Crippen molar-refractivity contribution in [3.63, 3.8) is 0 Å². The van der Waals surface area contributed by atoms with Gasteiger partial charge in [-0.2, -0.15) is 9.05 Å². The number of ether oxygens (including phenoxy) is 3. The Morgan fingerprint density at radius 3 is 1.59 bits per heavy atom. The molecule has 1 N–H and O–H groups in total. The van der Waals surface area contributed by atoms with Crippen LogP contribution in [0.3, 0.4) is 0 Å². The van der Waals surface area contributed by atoms with Gasteiger partial charge < -0.3 is 38.7 Å². The van der Waals surface area contributed by atoms with E-state index in [2.05, 4.69) is 13.8 Å². The molecular weight excluding hydrogens is 771 g/mol. The summed E-state index contributed by atoms with van der Waals surface area (Å²) in [5.41, 5.74) is -2.15. The van der Waals surface area contributed by atoms with Crippen molar-refractivity contribution in [1.82, 2.24) is 5.06 Å². The van der Waals surface area contributed by atoms with Crippen LogP contribution in [0.1, 0.15) is 214 Å². The molecule has 59 heavy (non-hydrogen) atoms. The Hall–Kier alpha value is -0.950. The molecule has 0 spiro atoms. The zero-order valence-electron chi connectivity index (χ0n) is 39.1. The van der Waals surface area contributed by atoms with Crippen LogP contribution in [0.5, 0.6) is 0 Å². The Morgan fingerprint density at radius 1 is 0.729 bits per heavy atom. The summed E-state index contributed by atoms with van der Waals surface area (Å²) in [4.78, 5) is 49.3. The molecule has 13 heteroatoms. The van der Waals surface area contributed by atoms with Crippen molar-refractivity contribution in [3.05, 3.63) is 5.21 Å². The third-order valence-corrected chi connectivity index (χ3v) is 12.2. The molecule has 2 atom stereocenters. The maximum absolute atomic E-state index is 13.5. The van der Waals surface area contributed by atoms with Crippen LogP contribution in [0.4, 0.5) is 0 Å². The van der Waals surface area contributed by atoms with Gasteiger partial charge in [0.05, 0.1) is 33.2 Å². The highest BCUT2D eigenvalue weighted by Crippen LogP contribution is 2.49. The lowest BCUT2D eigenvalue weighted by Gasteiger charge is -2.41. The third-order valence-electron chi connectivity index (χ3n) is 11.2. The fourth-order valence-corrected chi connectivity index (χ4v) is 8.39. The average molecular weight is 863 g/mol. The topological polar surface area (TPSA) is 154 Å². The molecule has 0 aromatic carbocycles. The van der Waals surface area contributed by atoms with E-state index in [0.29, 0.717) is 23.9 Å². The molecule has 1 rings (SSSR count). The molecule has 1 heterocycles. The Bertz CT molecular complexity index is 1060. The van der Waals surface area contributed by atoms with Gasteiger partial charge in [-0.1, -0.05) is 168 Å². The molecule has 0 aliphatic carbocycles. The Balaban J connectivity index is 2.65. The van der Waals surface area contributed by atoms with Crippen LogP contribution < -0.4 is 4.89 Å². The first-order valence-corrected chi connectivity index (χ1v) is 25.4. The quantitative estimate of drug-likeness (QED) is 0.0192. The van der Waals surface area contributed by atoms with E-state index in [0.717, 1.165) is 50.0 Å². The molecule has 12 nitrogen and oxygen atoms in total. The number of esters is 2. The Morgan fingerprint density at radius 2 is 1.17 bits per heavy atom. The van der Waals surface area contributed by atoms with E-state index in [-0.39, 0.29) is 32.1 Å². The van der Waals surface area contributed by atoms with E-state index in [4.69, 9.17) is 23.3 Å². The number of carbonyl (C=O) groups excluding carboxylic acids is 2. The number of quaternary nitrogens is 1. The smallest absolute Gasteiger partial charge is 0.482 e. The molecule has 1 fully saturated rings. The van der Waals surface area contributed by atoms with E-state index < -0.39 is 38.2 Å². The number of hydroxylamine groups is 2. The van der Waals surface area contributed by atoms with Gasteiger partial charge in [-0.3, -0.25) is 4.79 Å². The van der Waals surface area contributed by atoms with E-state index in [1.54, 1.807) is 0 Å². The zero-order valence-corrected chi connectivity index (χ0v) is 40.0. The molecule has 0 saturated carbocycles. The molecule has 1 radical (unpaired) electrons. The molecule has 1 saturated heterocycles. The summed E-state index contributed by atoms with van der Waals surface area (Å²) in [5.74, 6) is -0.942. The first kappa shape index (κ1) is 56.1. The van der Waals surface area contributed by atoms with Crippen LogP contribution in [0.15, 0.2) is 0 Å². The monoisotopic (exact) mass is 863 g/mol. The molecule has 0 bridgehead atoms. The van der Waals surface area contributed by atoms with Gasteiger partial charge in [0.25, 0.3) is 0 Å². The molecule has 1 aliphatic rings. The maximum Gasteiger partial charge on any atom is 0.482 e. The number of hydrogen-bond acceptors (Lipinski definition) is 9. The van der Waals surface area contributed by atoms with Gasteiger partial charge in [-0.15, -0.1) is 0 Å². The number of unbranched alkanes of at least 4 members (excludes halogenated alkanes) is 24. The normalized spacial score (nSPS) is 18.5. The van der Waals surface area contributed by atoms with Gasteiger partial charge >= 0.3 is 20.1 Å². The SMILES string of the molecule is CCCCCCCCCCCCCCCC(=[OH+])OC[C@H](CO[P+]([O])([O-])OCC[N+](C)(C)C)OC(=O)CC1(CCCCCCCCCCCCCCC)OC(C)(C)CN1[O-]. The standard InChI is InChI=1S/C46H90N2O10P/c1-8-10-12-14-16-18-20-22-24-26-28-30-32-34-43(49)54-39-42(40-56-59(52,53)55-37-36-48(5,6)7)57-44(50)38-46(47(51)41-45(3,4)58-46)35-33-31-29-27-25-23-21-19-17-15-13-11-9-2/h42H,8-41H2,1-7H3/p+1/t42-,46?/m1/s1. The van der Waals surface area contributed by atoms with Crippen molar-refractivity contribution in [2.24, 2.45) is 0 Å². The van der Waals surface area contributed by atoms with Gasteiger partial charge in [0.2, 0.25) is 6.61 Å². The maximum atomic E-state index is 13.5.